The van der Waals surface area contributed by atoms with Gasteiger partial charge < -0.3 is 10.6 Å². The standard InChI is InChI=1S/C12H20N4O3S2/c1-9-8-20-11(14-9)7-13-12(17)15-10-3-5-16(6-4-10)21(2,18)19/h8,10H,3-7H2,1-2H3,(H2,13,15,17). The maximum absolute atomic E-state index is 11.8. The second-order valence-electron chi connectivity index (χ2n) is 5.15. The lowest BCUT2D eigenvalue weighted by Gasteiger charge is -2.30. The number of carbonyl (C=O) groups excluding carboxylic acids is 1. The van der Waals surface area contributed by atoms with Crippen molar-refractivity contribution >= 4 is 27.4 Å². The van der Waals surface area contributed by atoms with Crippen LogP contribution in [0.5, 0.6) is 0 Å². The fourth-order valence-corrected chi connectivity index (χ4v) is 3.79. The molecule has 0 aromatic carbocycles. The van der Waals surface area contributed by atoms with Gasteiger partial charge in [0.25, 0.3) is 0 Å². The predicted molar refractivity (Wildman–Crippen MR) is 81.7 cm³/mol. The second-order valence-corrected chi connectivity index (χ2v) is 8.07. The van der Waals surface area contributed by atoms with Crippen LogP contribution in [0.4, 0.5) is 4.79 Å². The summed E-state index contributed by atoms with van der Waals surface area (Å²) in [5, 5.41) is 8.45. The number of nitrogens with one attached hydrogen (secondary N) is 2. The Labute approximate surface area is 128 Å². The molecule has 2 rings (SSSR count). The summed E-state index contributed by atoms with van der Waals surface area (Å²) in [6.07, 6.45) is 2.48. The van der Waals surface area contributed by atoms with Crippen molar-refractivity contribution in [3.05, 3.63) is 16.1 Å². The minimum absolute atomic E-state index is 0.0148. The van der Waals surface area contributed by atoms with E-state index in [-0.39, 0.29) is 12.1 Å². The van der Waals surface area contributed by atoms with E-state index in [2.05, 4.69) is 15.6 Å². The first-order valence-electron chi connectivity index (χ1n) is 6.75. The number of carbonyl (C=O) groups is 1. The molecule has 0 spiro atoms. The van der Waals surface area contributed by atoms with E-state index < -0.39 is 10.0 Å². The predicted octanol–water partition coefficient (Wildman–Crippen LogP) is 0.675. The van der Waals surface area contributed by atoms with E-state index in [1.807, 2.05) is 12.3 Å². The molecule has 1 aliphatic rings. The lowest BCUT2D eigenvalue weighted by atomic mass is 10.1. The Balaban J connectivity index is 1.72. The molecule has 21 heavy (non-hydrogen) atoms. The normalized spacial score (nSPS) is 17.6. The Morgan fingerprint density at radius 2 is 2.14 bits per heavy atom. The van der Waals surface area contributed by atoms with Gasteiger partial charge in [-0.15, -0.1) is 11.3 Å². The molecule has 1 fully saturated rings. The number of hydrogen-bond acceptors (Lipinski definition) is 5. The van der Waals surface area contributed by atoms with Crippen LogP contribution in [0, 0.1) is 6.92 Å². The number of hydrogen-bond donors (Lipinski definition) is 2. The molecular weight excluding hydrogens is 312 g/mol. The van der Waals surface area contributed by atoms with Crippen LogP contribution in [0.1, 0.15) is 23.5 Å². The van der Waals surface area contributed by atoms with E-state index in [1.165, 1.54) is 21.9 Å². The van der Waals surface area contributed by atoms with Gasteiger partial charge in [-0.2, -0.15) is 0 Å². The smallest absolute Gasteiger partial charge is 0.315 e. The van der Waals surface area contributed by atoms with Gasteiger partial charge in [-0.1, -0.05) is 0 Å². The van der Waals surface area contributed by atoms with Crippen LogP contribution in [0.15, 0.2) is 5.38 Å². The van der Waals surface area contributed by atoms with Crippen molar-refractivity contribution in [3.8, 4) is 0 Å². The first-order chi connectivity index (χ1) is 9.84. The summed E-state index contributed by atoms with van der Waals surface area (Å²) in [6.45, 7) is 3.23. The van der Waals surface area contributed by atoms with E-state index >= 15 is 0 Å². The number of sulfonamides is 1. The third-order valence-electron chi connectivity index (χ3n) is 3.32. The molecule has 1 aromatic rings. The Morgan fingerprint density at radius 1 is 1.48 bits per heavy atom. The Hall–Kier alpha value is -1.19. The number of piperidine rings is 1. The maximum Gasteiger partial charge on any atom is 0.315 e. The van der Waals surface area contributed by atoms with Gasteiger partial charge in [0, 0.05) is 30.2 Å². The molecule has 0 unspecified atom stereocenters. The molecule has 118 valence electrons. The largest absolute Gasteiger partial charge is 0.335 e. The lowest BCUT2D eigenvalue weighted by molar-refractivity contribution is 0.227. The first-order valence-corrected chi connectivity index (χ1v) is 9.48. The average Bonchev–Trinajstić information content (AvgIpc) is 2.82. The number of thiazole rings is 1. The first kappa shape index (κ1) is 16.2. The minimum atomic E-state index is -3.12. The highest BCUT2D eigenvalue weighted by Crippen LogP contribution is 2.13. The van der Waals surface area contributed by atoms with Crippen molar-refractivity contribution in [3.63, 3.8) is 0 Å². The van der Waals surface area contributed by atoms with Crippen LogP contribution in [-0.4, -0.2) is 49.1 Å². The quantitative estimate of drug-likeness (QED) is 0.848. The molecule has 0 bridgehead atoms. The Kier molecular flexibility index (Phi) is 5.17. The van der Waals surface area contributed by atoms with E-state index in [4.69, 9.17) is 0 Å². The van der Waals surface area contributed by atoms with Gasteiger partial charge in [0.1, 0.15) is 5.01 Å². The zero-order valence-electron chi connectivity index (χ0n) is 12.1. The van der Waals surface area contributed by atoms with Crippen LogP contribution in [-0.2, 0) is 16.6 Å². The van der Waals surface area contributed by atoms with E-state index in [0.717, 1.165) is 10.7 Å². The van der Waals surface area contributed by atoms with Crippen molar-refractivity contribution in [2.75, 3.05) is 19.3 Å². The molecule has 0 aliphatic carbocycles. The van der Waals surface area contributed by atoms with Crippen LogP contribution in [0.2, 0.25) is 0 Å². The molecule has 2 heterocycles. The molecule has 1 aromatic heterocycles. The lowest BCUT2D eigenvalue weighted by Crippen LogP contribution is -2.48. The average molecular weight is 332 g/mol. The van der Waals surface area contributed by atoms with Crippen LogP contribution >= 0.6 is 11.3 Å². The van der Waals surface area contributed by atoms with Gasteiger partial charge in [-0.05, 0) is 19.8 Å². The number of rotatable bonds is 4. The molecular formula is C12H20N4O3S2. The summed E-state index contributed by atoms with van der Waals surface area (Å²) in [5.41, 5.74) is 0.949. The molecule has 1 saturated heterocycles. The number of urea groups is 1. The minimum Gasteiger partial charge on any atom is -0.335 e. The summed E-state index contributed by atoms with van der Waals surface area (Å²) in [6, 6.07) is -0.221. The number of amides is 2. The second kappa shape index (κ2) is 6.71. The number of aryl methyl sites for hydroxylation is 1. The SMILES string of the molecule is Cc1csc(CNC(=O)NC2CCN(S(C)(=O)=O)CC2)n1. The van der Waals surface area contributed by atoms with Crippen molar-refractivity contribution in [1.82, 2.24) is 19.9 Å². The summed E-state index contributed by atoms with van der Waals surface area (Å²) >= 11 is 1.51. The van der Waals surface area contributed by atoms with Gasteiger partial charge >= 0.3 is 6.03 Å². The van der Waals surface area contributed by atoms with Gasteiger partial charge in [0.15, 0.2) is 0 Å². The van der Waals surface area contributed by atoms with Crippen LogP contribution in [0.25, 0.3) is 0 Å². The summed E-state index contributed by atoms with van der Waals surface area (Å²) < 4.78 is 24.2. The van der Waals surface area contributed by atoms with Crippen LogP contribution in [0.3, 0.4) is 0 Å². The highest BCUT2D eigenvalue weighted by atomic mass is 32.2. The van der Waals surface area contributed by atoms with Crippen LogP contribution < -0.4 is 10.6 Å². The van der Waals surface area contributed by atoms with Crippen molar-refractivity contribution in [2.45, 2.75) is 32.4 Å². The zero-order chi connectivity index (χ0) is 15.5. The van der Waals surface area contributed by atoms with Crippen molar-refractivity contribution in [2.24, 2.45) is 0 Å². The molecule has 1 aliphatic heterocycles. The van der Waals surface area contributed by atoms with Gasteiger partial charge in [-0.25, -0.2) is 22.5 Å². The third-order valence-corrected chi connectivity index (χ3v) is 5.59. The molecule has 7 nitrogen and oxygen atoms in total. The summed E-state index contributed by atoms with van der Waals surface area (Å²) in [4.78, 5) is 16.1. The van der Waals surface area contributed by atoms with Gasteiger partial charge in [-0.3, -0.25) is 0 Å². The Morgan fingerprint density at radius 3 is 2.67 bits per heavy atom. The van der Waals surface area contributed by atoms with Gasteiger partial charge in [0.05, 0.1) is 12.8 Å². The fraction of sp³-hybridized carbons (Fsp3) is 0.667. The third kappa shape index (κ3) is 4.94. The monoisotopic (exact) mass is 332 g/mol. The number of aromatic nitrogens is 1. The highest BCUT2D eigenvalue weighted by Gasteiger charge is 2.25. The molecule has 0 saturated carbocycles. The molecule has 0 radical (unpaired) electrons. The molecule has 2 N–H and O–H groups in total. The summed E-state index contributed by atoms with van der Waals surface area (Å²) in [5.74, 6) is 0. The fourth-order valence-electron chi connectivity index (χ4n) is 2.21. The maximum atomic E-state index is 11.8. The van der Waals surface area contributed by atoms with Gasteiger partial charge in [0.2, 0.25) is 10.0 Å². The Bertz CT molecular complexity index is 591. The molecule has 2 amide bonds. The van der Waals surface area contributed by atoms with E-state index in [0.29, 0.717) is 32.5 Å². The highest BCUT2D eigenvalue weighted by molar-refractivity contribution is 7.88. The van der Waals surface area contributed by atoms with Crippen molar-refractivity contribution in [1.29, 1.82) is 0 Å². The zero-order valence-corrected chi connectivity index (χ0v) is 13.8. The molecule has 9 heteroatoms. The van der Waals surface area contributed by atoms with E-state index in [1.54, 1.807) is 0 Å². The van der Waals surface area contributed by atoms with Crippen molar-refractivity contribution < 1.29 is 13.2 Å². The topological polar surface area (TPSA) is 91.4 Å². The molecule has 0 atom stereocenters. The van der Waals surface area contributed by atoms with E-state index in [9.17, 15) is 13.2 Å². The number of nitrogens with zero attached hydrogens (tertiary/aromatic N) is 2. The summed E-state index contributed by atoms with van der Waals surface area (Å²) in [7, 11) is -3.12.